The van der Waals surface area contributed by atoms with Crippen molar-refractivity contribution in [3.05, 3.63) is 28.5 Å². The Morgan fingerprint density at radius 1 is 1.39 bits per heavy atom. The molecule has 1 fully saturated rings. The first-order valence-electron chi connectivity index (χ1n) is 7.12. The zero-order valence-corrected chi connectivity index (χ0v) is 12.7. The molecule has 0 aromatic carbocycles. The number of pyridine rings is 1. The highest BCUT2D eigenvalue weighted by atomic mass is 79.9. The number of halogens is 1. The van der Waals surface area contributed by atoms with E-state index in [-0.39, 0.29) is 0 Å². The van der Waals surface area contributed by atoms with Gasteiger partial charge in [-0.3, -0.25) is 4.98 Å². The predicted molar refractivity (Wildman–Crippen MR) is 79.7 cm³/mol. The van der Waals surface area contributed by atoms with Crippen LogP contribution in [-0.4, -0.2) is 17.6 Å². The van der Waals surface area contributed by atoms with E-state index in [9.17, 15) is 0 Å². The molecule has 0 saturated heterocycles. The van der Waals surface area contributed by atoms with Crippen LogP contribution in [0.4, 0.5) is 0 Å². The molecule has 0 radical (unpaired) electrons. The average molecular weight is 311 g/mol. The molecular formula is C15H23BrN2. The summed E-state index contributed by atoms with van der Waals surface area (Å²) in [5, 5.41) is 3.68. The number of nitrogens with zero attached hydrogens (tertiary/aromatic N) is 1. The molecule has 3 heteroatoms. The number of aromatic nitrogens is 1. The van der Waals surface area contributed by atoms with E-state index in [2.05, 4.69) is 39.2 Å². The van der Waals surface area contributed by atoms with Gasteiger partial charge in [0.2, 0.25) is 0 Å². The van der Waals surface area contributed by atoms with Gasteiger partial charge in [0.15, 0.2) is 0 Å². The van der Waals surface area contributed by atoms with Crippen molar-refractivity contribution in [1.82, 2.24) is 10.3 Å². The molecule has 0 bridgehead atoms. The average Bonchev–Trinajstić information content (AvgIpc) is 2.88. The van der Waals surface area contributed by atoms with E-state index in [4.69, 9.17) is 0 Å². The van der Waals surface area contributed by atoms with Crippen LogP contribution in [0.3, 0.4) is 0 Å². The molecule has 1 aliphatic rings. The van der Waals surface area contributed by atoms with Crippen molar-refractivity contribution in [2.24, 2.45) is 5.92 Å². The lowest BCUT2D eigenvalue weighted by Gasteiger charge is -2.24. The van der Waals surface area contributed by atoms with Gasteiger partial charge >= 0.3 is 0 Å². The van der Waals surface area contributed by atoms with E-state index in [0.717, 1.165) is 23.4 Å². The molecule has 1 aromatic heterocycles. The van der Waals surface area contributed by atoms with Crippen molar-refractivity contribution in [1.29, 1.82) is 0 Å². The van der Waals surface area contributed by atoms with Crippen LogP contribution in [-0.2, 0) is 6.42 Å². The molecule has 2 nitrogen and oxygen atoms in total. The van der Waals surface area contributed by atoms with E-state index < -0.39 is 0 Å². The lowest BCUT2D eigenvalue weighted by Crippen LogP contribution is -2.35. The summed E-state index contributed by atoms with van der Waals surface area (Å²) < 4.78 is 1.08. The predicted octanol–water partition coefficient (Wildman–Crippen LogP) is 3.95. The van der Waals surface area contributed by atoms with Gasteiger partial charge in [0, 0.05) is 22.9 Å². The molecular weight excluding hydrogens is 288 g/mol. The fraction of sp³-hybridized carbons (Fsp3) is 0.667. The van der Waals surface area contributed by atoms with Gasteiger partial charge in [-0.15, -0.1) is 0 Å². The quantitative estimate of drug-likeness (QED) is 0.860. The molecule has 18 heavy (non-hydrogen) atoms. The van der Waals surface area contributed by atoms with E-state index in [1.807, 2.05) is 12.4 Å². The van der Waals surface area contributed by atoms with Crippen LogP contribution >= 0.6 is 15.9 Å². The van der Waals surface area contributed by atoms with Gasteiger partial charge in [-0.25, -0.2) is 0 Å². The van der Waals surface area contributed by atoms with E-state index in [0.29, 0.717) is 6.04 Å². The number of nitrogens with one attached hydrogen (secondary N) is 1. The first-order valence-corrected chi connectivity index (χ1v) is 7.91. The topological polar surface area (TPSA) is 24.9 Å². The maximum atomic E-state index is 4.24. The second-order valence-corrected chi connectivity index (χ2v) is 6.17. The number of aryl methyl sites for hydroxylation is 1. The molecule has 1 aliphatic carbocycles. The van der Waals surface area contributed by atoms with Gasteiger partial charge in [0.25, 0.3) is 0 Å². The third-order valence-corrected chi connectivity index (χ3v) is 4.37. The summed E-state index contributed by atoms with van der Waals surface area (Å²) in [6.07, 6.45) is 11.9. The minimum Gasteiger partial charge on any atom is -0.314 e. The van der Waals surface area contributed by atoms with Crippen LogP contribution in [0.2, 0.25) is 0 Å². The Morgan fingerprint density at radius 3 is 2.83 bits per heavy atom. The lowest BCUT2D eigenvalue weighted by atomic mass is 9.93. The molecule has 0 spiro atoms. The Kier molecular flexibility index (Phi) is 5.64. The summed E-state index contributed by atoms with van der Waals surface area (Å²) in [6.45, 7) is 3.29. The van der Waals surface area contributed by atoms with Crippen molar-refractivity contribution in [3.8, 4) is 0 Å². The van der Waals surface area contributed by atoms with Crippen LogP contribution in [0.1, 0.15) is 44.6 Å². The summed E-state index contributed by atoms with van der Waals surface area (Å²) >= 11 is 3.49. The molecule has 0 aliphatic heterocycles. The van der Waals surface area contributed by atoms with Crippen LogP contribution in [0.15, 0.2) is 22.9 Å². The van der Waals surface area contributed by atoms with Gasteiger partial charge in [-0.2, -0.15) is 0 Å². The van der Waals surface area contributed by atoms with Gasteiger partial charge in [-0.1, -0.05) is 19.8 Å². The lowest BCUT2D eigenvalue weighted by molar-refractivity contribution is 0.346. The Balaban J connectivity index is 1.88. The fourth-order valence-corrected chi connectivity index (χ4v) is 3.45. The Morgan fingerprint density at radius 2 is 2.17 bits per heavy atom. The molecule has 1 unspecified atom stereocenters. The third kappa shape index (κ3) is 4.06. The normalized spacial score (nSPS) is 18.1. The number of hydrogen-bond donors (Lipinski definition) is 1. The number of rotatable bonds is 6. The molecule has 1 saturated carbocycles. The van der Waals surface area contributed by atoms with Crippen molar-refractivity contribution in [2.45, 2.75) is 51.5 Å². The summed E-state index contributed by atoms with van der Waals surface area (Å²) in [5.74, 6) is 0.894. The molecule has 1 aromatic rings. The number of hydrogen-bond acceptors (Lipinski definition) is 2. The highest BCUT2D eigenvalue weighted by Gasteiger charge is 2.23. The first kappa shape index (κ1) is 14.0. The van der Waals surface area contributed by atoms with Gasteiger partial charge in [-0.05, 0) is 65.7 Å². The fourth-order valence-electron chi connectivity index (χ4n) is 3.04. The molecule has 2 rings (SSSR count). The second kappa shape index (κ2) is 7.25. The van der Waals surface area contributed by atoms with Crippen LogP contribution in [0.25, 0.3) is 0 Å². The monoisotopic (exact) mass is 310 g/mol. The smallest absolute Gasteiger partial charge is 0.0410 e. The summed E-state index contributed by atoms with van der Waals surface area (Å²) in [7, 11) is 0. The van der Waals surface area contributed by atoms with Gasteiger partial charge in [0.1, 0.15) is 0 Å². The Hall–Kier alpha value is -0.410. The standard InChI is InChI=1S/C15H23BrN2/c1-2-18-15(13-5-3-4-6-13)8-7-12-9-14(16)11-17-10-12/h9-11,13,15,18H,2-8H2,1H3. The second-order valence-electron chi connectivity index (χ2n) is 5.26. The molecule has 1 heterocycles. The van der Waals surface area contributed by atoms with Crippen LogP contribution in [0.5, 0.6) is 0 Å². The summed E-state index contributed by atoms with van der Waals surface area (Å²) in [6, 6.07) is 2.88. The SMILES string of the molecule is CCNC(CCc1cncc(Br)c1)C1CCCC1. The van der Waals surface area contributed by atoms with Gasteiger partial charge < -0.3 is 5.32 Å². The van der Waals surface area contributed by atoms with Crippen molar-refractivity contribution in [2.75, 3.05) is 6.54 Å². The zero-order chi connectivity index (χ0) is 12.8. The zero-order valence-electron chi connectivity index (χ0n) is 11.2. The molecule has 1 atom stereocenters. The molecule has 100 valence electrons. The maximum Gasteiger partial charge on any atom is 0.0410 e. The van der Waals surface area contributed by atoms with Crippen molar-refractivity contribution < 1.29 is 0 Å². The van der Waals surface area contributed by atoms with Gasteiger partial charge in [0.05, 0.1) is 0 Å². The third-order valence-electron chi connectivity index (χ3n) is 3.94. The van der Waals surface area contributed by atoms with Crippen molar-refractivity contribution >= 4 is 15.9 Å². The minimum atomic E-state index is 0.691. The van der Waals surface area contributed by atoms with E-state index >= 15 is 0 Å². The molecule has 1 N–H and O–H groups in total. The van der Waals surface area contributed by atoms with E-state index in [1.165, 1.54) is 37.7 Å². The van der Waals surface area contributed by atoms with E-state index in [1.54, 1.807) is 0 Å². The highest BCUT2D eigenvalue weighted by Crippen LogP contribution is 2.29. The molecule has 0 amide bonds. The largest absolute Gasteiger partial charge is 0.314 e. The minimum absolute atomic E-state index is 0.691. The van der Waals surface area contributed by atoms with Crippen LogP contribution in [0, 0.1) is 5.92 Å². The highest BCUT2D eigenvalue weighted by molar-refractivity contribution is 9.10. The Bertz CT molecular complexity index is 361. The summed E-state index contributed by atoms with van der Waals surface area (Å²) in [4.78, 5) is 4.24. The summed E-state index contributed by atoms with van der Waals surface area (Å²) in [5.41, 5.74) is 1.34. The maximum absolute atomic E-state index is 4.24. The van der Waals surface area contributed by atoms with Crippen LogP contribution < -0.4 is 5.32 Å². The first-order chi connectivity index (χ1) is 8.79. The van der Waals surface area contributed by atoms with Crippen molar-refractivity contribution in [3.63, 3.8) is 0 Å². The Labute approximate surface area is 119 Å².